The summed E-state index contributed by atoms with van der Waals surface area (Å²) in [5, 5.41) is 19.9. The molecule has 298 valence electrons. The molecule has 1 saturated carbocycles. The van der Waals surface area contributed by atoms with E-state index in [1.165, 1.54) is 23.5 Å². The lowest BCUT2D eigenvalue weighted by atomic mass is 9.68. The molecule has 2 fully saturated rings. The lowest BCUT2D eigenvalue weighted by molar-refractivity contribution is -0.385. The summed E-state index contributed by atoms with van der Waals surface area (Å²) in [5.41, 5.74) is 8.06. The first kappa shape index (κ1) is 37.8. The third-order valence-corrected chi connectivity index (χ3v) is 12.2. The van der Waals surface area contributed by atoms with Gasteiger partial charge in [0.2, 0.25) is 5.91 Å². The minimum atomic E-state index is -0.630. The van der Waals surface area contributed by atoms with Crippen molar-refractivity contribution >= 4 is 39.8 Å². The maximum atomic E-state index is 14.1. The maximum Gasteiger partial charge on any atom is 0.274 e. The van der Waals surface area contributed by atoms with E-state index < -0.39 is 15.8 Å². The third kappa shape index (κ3) is 6.79. The van der Waals surface area contributed by atoms with Crippen molar-refractivity contribution in [3.63, 3.8) is 0 Å². The van der Waals surface area contributed by atoms with Gasteiger partial charge in [-0.15, -0.1) is 0 Å². The Balaban J connectivity index is 0.932. The summed E-state index contributed by atoms with van der Waals surface area (Å²) in [7, 11) is 3.29. The van der Waals surface area contributed by atoms with Gasteiger partial charge in [0.05, 0.1) is 42.8 Å². The second kappa shape index (κ2) is 15.4. The predicted octanol–water partition coefficient (Wildman–Crippen LogP) is 3.07. The Labute approximate surface area is 328 Å². The van der Waals surface area contributed by atoms with Crippen LogP contribution in [0.1, 0.15) is 48.8 Å². The SMILES string of the molecule is COc1cc2c(cc1OC)C1(CCC(C(=O)N3CCN(c4ncnc5c4cnn5Cc4ccccc4[N+](=O)[O-])CC3)CC1)N(CCCNc1c(N)c(=O)c1=O)CC2. The highest BCUT2D eigenvalue weighted by molar-refractivity contribution is 5.87. The second-order valence-corrected chi connectivity index (χ2v) is 15.1. The number of nitrogens with two attached hydrogens (primary N) is 1. The van der Waals surface area contributed by atoms with E-state index in [-0.39, 0.29) is 41.0 Å². The molecular weight excluding hydrogens is 733 g/mol. The number of nitrogens with one attached hydrogen (secondary N) is 1. The molecule has 3 aliphatic rings. The molecule has 1 spiro atoms. The molecule has 0 unspecified atom stereocenters. The first-order valence-corrected chi connectivity index (χ1v) is 19.4. The molecule has 2 aliphatic heterocycles. The average molecular weight is 779 g/mol. The fourth-order valence-electron chi connectivity index (χ4n) is 9.15. The van der Waals surface area contributed by atoms with Crippen molar-refractivity contribution in [2.45, 2.75) is 50.6 Å². The summed E-state index contributed by atoms with van der Waals surface area (Å²) >= 11 is 0. The number of carbonyl (C=O) groups excluding carboxylic acids is 1. The van der Waals surface area contributed by atoms with E-state index >= 15 is 0 Å². The van der Waals surface area contributed by atoms with Crippen molar-refractivity contribution in [1.29, 1.82) is 0 Å². The largest absolute Gasteiger partial charge is 0.493 e. The molecule has 1 amide bonds. The molecule has 17 heteroatoms. The third-order valence-electron chi connectivity index (χ3n) is 12.2. The topological polar surface area (TPSA) is 204 Å². The number of hydrogen-bond acceptors (Lipinski definition) is 14. The zero-order chi connectivity index (χ0) is 39.8. The highest BCUT2D eigenvalue weighted by atomic mass is 16.6. The van der Waals surface area contributed by atoms with Crippen molar-refractivity contribution in [1.82, 2.24) is 29.5 Å². The molecule has 5 aromatic rings. The number of benzene rings is 2. The Morgan fingerprint density at radius 3 is 2.47 bits per heavy atom. The number of nitrogen functional groups attached to an aromatic ring is 1. The van der Waals surface area contributed by atoms with E-state index in [0.29, 0.717) is 55.4 Å². The van der Waals surface area contributed by atoms with Crippen LogP contribution in [0.2, 0.25) is 0 Å². The Kier molecular flexibility index (Phi) is 10.2. The first-order valence-electron chi connectivity index (χ1n) is 19.4. The van der Waals surface area contributed by atoms with E-state index in [0.717, 1.165) is 62.8 Å². The zero-order valence-corrected chi connectivity index (χ0v) is 32.1. The van der Waals surface area contributed by atoms with Gasteiger partial charge in [-0.2, -0.15) is 5.10 Å². The van der Waals surface area contributed by atoms with Gasteiger partial charge in [-0.3, -0.25) is 29.4 Å². The van der Waals surface area contributed by atoms with Crippen LogP contribution in [-0.2, 0) is 23.3 Å². The number of methoxy groups -OCH3 is 2. The Bertz CT molecular complexity index is 2390. The number of ether oxygens (including phenoxy) is 2. The smallest absolute Gasteiger partial charge is 0.274 e. The molecule has 1 saturated heterocycles. The zero-order valence-electron chi connectivity index (χ0n) is 32.1. The summed E-state index contributed by atoms with van der Waals surface area (Å²) in [6.07, 6.45) is 7.87. The van der Waals surface area contributed by atoms with E-state index in [9.17, 15) is 24.5 Å². The van der Waals surface area contributed by atoms with Gasteiger partial charge in [0.15, 0.2) is 17.1 Å². The van der Waals surface area contributed by atoms with Gasteiger partial charge >= 0.3 is 0 Å². The standard InChI is InChI=1S/C40H46N10O7/c1-56-31-20-26-10-15-48(14-5-13-42-34-33(41)35(51)36(34)52)40(29(26)21-32(31)57-2)11-8-25(9-12-40)39(53)47-18-16-46(17-19-47)37-28-22-45-49(38(28)44-24-43-37)23-27-6-3-4-7-30(27)50(54)55/h3-4,6-7,20-22,24-25,42H,5,8-19,23,41H2,1-2H3. The molecule has 1 aliphatic carbocycles. The highest BCUT2D eigenvalue weighted by Gasteiger charge is 2.47. The van der Waals surface area contributed by atoms with Gasteiger partial charge in [0, 0.05) is 63.3 Å². The molecule has 0 bridgehead atoms. The number of hydrogen-bond donors (Lipinski definition) is 2. The van der Waals surface area contributed by atoms with Gasteiger partial charge in [-0.25, -0.2) is 14.6 Å². The molecular formula is C40H46N10O7. The lowest BCUT2D eigenvalue weighted by Gasteiger charge is -2.52. The van der Waals surface area contributed by atoms with Crippen molar-refractivity contribution in [3.05, 3.63) is 96.2 Å². The number of carbonyl (C=O) groups is 1. The van der Waals surface area contributed by atoms with Gasteiger partial charge in [-0.1, -0.05) is 18.2 Å². The van der Waals surface area contributed by atoms with E-state index in [1.807, 2.05) is 4.90 Å². The molecule has 0 atom stereocenters. The number of para-hydroxylation sites is 1. The van der Waals surface area contributed by atoms with Gasteiger partial charge in [-0.05, 0) is 61.8 Å². The summed E-state index contributed by atoms with van der Waals surface area (Å²) in [6.45, 7) is 4.63. The van der Waals surface area contributed by atoms with Crippen LogP contribution in [0.3, 0.4) is 0 Å². The van der Waals surface area contributed by atoms with Crippen LogP contribution >= 0.6 is 0 Å². The van der Waals surface area contributed by atoms with Crippen LogP contribution in [0.15, 0.2) is 58.5 Å². The van der Waals surface area contributed by atoms with Gasteiger partial charge < -0.3 is 30.3 Å². The number of amides is 1. The number of aromatic nitrogens is 4. The minimum absolute atomic E-state index is 0.00306. The number of rotatable bonds is 12. The quantitative estimate of drug-likeness (QED) is 0.0809. The number of fused-ring (bicyclic) bond motifs is 3. The number of nitro benzene ring substituents is 1. The maximum absolute atomic E-state index is 14.1. The minimum Gasteiger partial charge on any atom is -0.493 e. The van der Waals surface area contributed by atoms with E-state index in [4.69, 9.17) is 15.2 Å². The fourth-order valence-corrected chi connectivity index (χ4v) is 9.15. The first-order chi connectivity index (χ1) is 27.6. The summed E-state index contributed by atoms with van der Waals surface area (Å²) in [4.78, 5) is 64.6. The van der Waals surface area contributed by atoms with Crippen LogP contribution in [0, 0.1) is 16.0 Å². The van der Waals surface area contributed by atoms with Crippen LogP contribution in [-0.4, -0.2) is 100 Å². The number of piperazine rings is 1. The Morgan fingerprint density at radius 1 is 1.02 bits per heavy atom. The second-order valence-electron chi connectivity index (χ2n) is 15.1. The van der Waals surface area contributed by atoms with Gasteiger partial charge in [0.1, 0.15) is 23.5 Å². The molecule has 57 heavy (non-hydrogen) atoms. The Hall–Kier alpha value is -6.10. The van der Waals surface area contributed by atoms with Crippen molar-refractivity contribution in [2.75, 3.05) is 76.0 Å². The predicted molar refractivity (Wildman–Crippen MR) is 214 cm³/mol. The van der Waals surface area contributed by atoms with E-state index in [1.54, 1.807) is 43.3 Å². The molecule has 3 aromatic carbocycles. The van der Waals surface area contributed by atoms with E-state index in [2.05, 4.69) is 42.3 Å². The molecule has 3 N–H and O–H groups in total. The van der Waals surface area contributed by atoms with Crippen LogP contribution in [0.4, 0.5) is 22.9 Å². The number of nitrogens with zero attached hydrogens (tertiary/aromatic N) is 8. The molecule has 4 heterocycles. The average Bonchev–Trinajstić information content (AvgIpc) is 3.66. The van der Waals surface area contributed by atoms with Crippen molar-refractivity contribution in [2.24, 2.45) is 5.92 Å². The van der Waals surface area contributed by atoms with Crippen LogP contribution < -0.4 is 36.3 Å². The molecule has 2 aromatic heterocycles. The van der Waals surface area contributed by atoms with Crippen molar-refractivity contribution < 1.29 is 19.2 Å². The lowest BCUT2D eigenvalue weighted by Crippen LogP contribution is -2.55. The number of nitro groups is 1. The molecule has 17 nitrogen and oxygen atoms in total. The monoisotopic (exact) mass is 778 g/mol. The number of anilines is 3. The van der Waals surface area contributed by atoms with Gasteiger partial charge in [0.25, 0.3) is 16.5 Å². The Morgan fingerprint density at radius 2 is 1.75 bits per heavy atom. The fraction of sp³-hybridized carbons (Fsp3) is 0.450. The van der Waals surface area contributed by atoms with Crippen molar-refractivity contribution in [3.8, 4) is 11.5 Å². The molecule has 8 rings (SSSR count). The molecule has 0 radical (unpaired) electrons. The summed E-state index contributed by atoms with van der Waals surface area (Å²) in [5.74, 6) is 2.19. The normalized spacial score (nSPS) is 19.9. The summed E-state index contributed by atoms with van der Waals surface area (Å²) < 4.78 is 13.1. The van der Waals surface area contributed by atoms with Crippen LogP contribution in [0.5, 0.6) is 11.5 Å². The highest BCUT2D eigenvalue weighted by Crippen LogP contribution is 2.50. The summed E-state index contributed by atoms with van der Waals surface area (Å²) in [6, 6.07) is 10.8. The van der Waals surface area contributed by atoms with Crippen LogP contribution in [0.25, 0.3) is 11.0 Å².